The largest absolute Gasteiger partial charge is 0.462 e. The van der Waals surface area contributed by atoms with Crippen molar-refractivity contribution in [2.75, 3.05) is 24.6 Å². The lowest BCUT2D eigenvalue weighted by Gasteiger charge is -2.18. The zero-order valence-electron chi connectivity index (χ0n) is 14.8. The molecule has 0 spiro atoms. The topological polar surface area (TPSA) is 47.4 Å². The highest BCUT2D eigenvalue weighted by molar-refractivity contribution is 6.32. The van der Waals surface area contributed by atoms with Crippen LogP contribution in [0.25, 0.3) is 5.69 Å². The van der Waals surface area contributed by atoms with Crippen molar-refractivity contribution < 1.29 is 9.53 Å². The van der Waals surface area contributed by atoms with E-state index in [0.29, 0.717) is 23.1 Å². The number of carbonyl (C=O) groups excluding carboxylic acids is 1. The van der Waals surface area contributed by atoms with Crippen molar-refractivity contribution >= 4 is 23.3 Å². The summed E-state index contributed by atoms with van der Waals surface area (Å²) in [5.41, 5.74) is 2.37. The third-order valence-electron chi connectivity index (χ3n) is 4.77. The summed E-state index contributed by atoms with van der Waals surface area (Å²) in [6.07, 6.45) is 4.17. The number of rotatable bonds is 5. The summed E-state index contributed by atoms with van der Waals surface area (Å²) < 4.78 is 7.11. The third-order valence-corrected chi connectivity index (χ3v) is 5.09. The number of benzene rings is 2. The zero-order valence-corrected chi connectivity index (χ0v) is 15.5. The molecule has 2 aromatic carbocycles. The lowest BCUT2D eigenvalue weighted by molar-refractivity contribution is 0.0451. The Morgan fingerprint density at radius 2 is 1.93 bits per heavy atom. The molecule has 0 radical (unpaired) electrons. The minimum Gasteiger partial charge on any atom is -0.462 e. The molecule has 4 rings (SSSR count). The van der Waals surface area contributed by atoms with Crippen LogP contribution in [-0.4, -0.2) is 35.4 Å². The Bertz CT molecular complexity index is 926. The van der Waals surface area contributed by atoms with Gasteiger partial charge in [0.15, 0.2) is 0 Å². The lowest BCUT2D eigenvalue weighted by atomic mass is 10.1. The summed E-state index contributed by atoms with van der Waals surface area (Å²) >= 11 is 6.18. The van der Waals surface area contributed by atoms with Gasteiger partial charge in [-0.15, -0.1) is 0 Å². The number of nitrogens with zero attached hydrogens (tertiary/aromatic N) is 3. The van der Waals surface area contributed by atoms with Crippen LogP contribution in [0.3, 0.4) is 0 Å². The van der Waals surface area contributed by atoms with E-state index in [1.807, 2.05) is 36.4 Å². The van der Waals surface area contributed by atoms with Crippen molar-refractivity contribution in [1.82, 2.24) is 9.78 Å². The standard InChI is InChI=1S/C21H20ClN3O2/c22-19-8-4-5-9-20(19)25-14-17(12-23-25)21(26)27-15-16-10-11-24(13-16)18-6-2-1-3-7-18/h1-9,12,14,16H,10-11,13,15H2/t16-/m1/s1. The first kappa shape index (κ1) is 17.6. The Kier molecular flexibility index (Phi) is 5.12. The maximum atomic E-state index is 12.4. The second kappa shape index (κ2) is 7.84. The number of ether oxygens (including phenoxy) is 1. The van der Waals surface area contributed by atoms with Crippen LogP contribution in [0.2, 0.25) is 5.02 Å². The Labute approximate surface area is 163 Å². The molecule has 0 bridgehead atoms. The third kappa shape index (κ3) is 3.98. The second-order valence-corrected chi connectivity index (χ2v) is 7.07. The summed E-state index contributed by atoms with van der Waals surface area (Å²) in [5, 5.41) is 4.80. The lowest BCUT2D eigenvalue weighted by Crippen LogP contribution is -2.21. The minimum absolute atomic E-state index is 0.341. The van der Waals surface area contributed by atoms with Crippen LogP contribution >= 0.6 is 11.6 Å². The van der Waals surface area contributed by atoms with E-state index >= 15 is 0 Å². The molecule has 5 nitrogen and oxygen atoms in total. The van der Waals surface area contributed by atoms with E-state index in [1.165, 1.54) is 11.9 Å². The maximum Gasteiger partial charge on any atom is 0.341 e. The molecule has 2 heterocycles. The molecule has 27 heavy (non-hydrogen) atoms. The number of halogens is 1. The molecule has 0 aliphatic carbocycles. The molecule has 1 aliphatic rings. The van der Waals surface area contributed by atoms with E-state index in [0.717, 1.165) is 25.2 Å². The molecule has 6 heteroatoms. The second-order valence-electron chi connectivity index (χ2n) is 6.66. The first-order valence-electron chi connectivity index (χ1n) is 8.97. The smallest absolute Gasteiger partial charge is 0.341 e. The number of hydrogen-bond donors (Lipinski definition) is 0. The van der Waals surface area contributed by atoms with Crippen LogP contribution in [0.15, 0.2) is 67.0 Å². The van der Waals surface area contributed by atoms with Crippen LogP contribution in [-0.2, 0) is 4.74 Å². The highest BCUT2D eigenvalue weighted by Gasteiger charge is 2.24. The van der Waals surface area contributed by atoms with Gasteiger partial charge in [0, 0.05) is 30.9 Å². The number of carbonyl (C=O) groups is 1. The van der Waals surface area contributed by atoms with Crippen molar-refractivity contribution in [3.63, 3.8) is 0 Å². The number of hydrogen-bond acceptors (Lipinski definition) is 4. The number of anilines is 1. The fraction of sp³-hybridized carbons (Fsp3) is 0.238. The van der Waals surface area contributed by atoms with Crippen LogP contribution in [0, 0.1) is 5.92 Å². The predicted molar refractivity (Wildman–Crippen MR) is 106 cm³/mol. The number of para-hydroxylation sites is 2. The fourth-order valence-electron chi connectivity index (χ4n) is 3.32. The van der Waals surface area contributed by atoms with Gasteiger partial charge in [-0.05, 0) is 30.7 Å². The normalized spacial score (nSPS) is 16.5. The van der Waals surface area contributed by atoms with Gasteiger partial charge < -0.3 is 9.64 Å². The first-order valence-corrected chi connectivity index (χ1v) is 9.35. The van der Waals surface area contributed by atoms with E-state index in [1.54, 1.807) is 16.9 Å². The van der Waals surface area contributed by atoms with Gasteiger partial charge in [-0.1, -0.05) is 41.9 Å². The molecule has 0 unspecified atom stereocenters. The molecule has 1 aromatic heterocycles. The predicted octanol–water partition coefficient (Wildman–Crippen LogP) is 4.21. The summed E-state index contributed by atoms with van der Waals surface area (Å²) in [4.78, 5) is 14.7. The van der Waals surface area contributed by atoms with E-state index in [4.69, 9.17) is 16.3 Å². The van der Waals surface area contributed by atoms with E-state index < -0.39 is 0 Å². The first-order chi connectivity index (χ1) is 13.2. The molecule has 0 amide bonds. The SMILES string of the molecule is O=C(OC[C@@H]1CCN(c2ccccc2)C1)c1cnn(-c2ccccc2Cl)c1. The van der Waals surface area contributed by atoms with E-state index in [2.05, 4.69) is 22.1 Å². The van der Waals surface area contributed by atoms with Crippen molar-refractivity contribution in [1.29, 1.82) is 0 Å². The highest BCUT2D eigenvalue weighted by atomic mass is 35.5. The van der Waals surface area contributed by atoms with Crippen LogP contribution in [0.5, 0.6) is 0 Å². The van der Waals surface area contributed by atoms with Crippen molar-refractivity contribution in [2.45, 2.75) is 6.42 Å². The van der Waals surface area contributed by atoms with Crippen molar-refractivity contribution in [3.05, 3.63) is 77.6 Å². The molecular formula is C21H20ClN3O2. The number of aromatic nitrogens is 2. The summed E-state index contributed by atoms with van der Waals surface area (Å²) in [7, 11) is 0. The molecule has 3 aromatic rings. The van der Waals surface area contributed by atoms with Crippen molar-refractivity contribution in [2.24, 2.45) is 5.92 Å². The van der Waals surface area contributed by atoms with E-state index in [9.17, 15) is 4.79 Å². The quantitative estimate of drug-likeness (QED) is 0.621. The number of esters is 1. The Morgan fingerprint density at radius 1 is 1.15 bits per heavy atom. The molecular weight excluding hydrogens is 362 g/mol. The van der Waals surface area contributed by atoms with E-state index in [-0.39, 0.29) is 5.97 Å². The average Bonchev–Trinajstić information content (AvgIpc) is 3.37. The Hall–Kier alpha value is -2.79. The molecule has 138 valence electrons. The summed E-state index contributed by atoms with van der Waals surface area (Å²) in [5.74, 6) is -0.0146. The van der Waals surface area contributed by atoms with Crippen LogP contribution < -0.4 is 4.90 Å². The van der Waals surface area contributed by atoms with Gasteiger partial charge in [-0.25, -0.2) is 9.48 Å². The van der Waals surface area contributed by atoms with Gasteiger partial charge in [-0.2, -0.15) is 5.10 Å². The van der Waals surface area contributed by atoms with Gasteiger partial charge in [0.05, 0.1) is 29.1 Å². The average molecular weight is 382 g/mol. The van der Waals surface area contributed by atoms with Crippen LogP contribution in [0.4, 0.5) is 5.69 Å². The molecule has 0 N–H and O–H groups in total. The van der Waals surface area contributed by atoms with Gasteiger partial charge in [-0.3, -0.25) is 0 Å². The van der Waals surface area contributed by atoms with Crippen molar-refractivity contribution in [3.8, 4) is 5.69 Å². The molecule has 1 atom stereocenters. The summed E-state index contributed by atoms with van der Waals surface area (Å²) in [6, 6.07) is 17.7. The fourth-order valence-corrected chi connectivity index (χ4v) is 3.54. The Balaban J connectivity index is 1.33. The van der Waals surface area contributed by atoms with Gasteiger partial charge in [0.2, 0.25) is 0 Å². The highest BCUT2D eigenvalue weighted by Crippen LogP contribution is 2.24. The minimum atomic E-state index is -0.355. The maximum absolute atomic E-state index is 12.4. The summed E-state index contributed by atoms with van der Waals surface area (Å²) in [6.45, 7) is 2.30. The molecule has 1 aliphatic heterocycles. The molecule has 0 saturated carbocycles. The van der Waals surface area contributed by atoms with Crippen LogP contribution in [0.1, 0.15) is 16.8 Å². The van der Waals surface area contributed by atoms with Gasteiger partial charge in [0.1, 0.15) is 0 Å². The monoisotopic (exact) mass is 381 g/mol. The van der Waals surface area contributed by atoms with Gasteiger partial charge >= 0.3 is 5.97 Å². The Morgan fingerprint density at radius 3 is 2.74 bits per heavy atom. The van der Waals surface area contributed by atoms with Gasteiger partial charge in [0.25, 0.3) is 0 Å². The molecule has 1 fully saturated rings. The zero-order chi connectivity index (χ0) is 18.6. The molecule has 1 saturated heterocycles.